The number of imide groups is 1. The fourth-order valence-corrected chi connectivity index (χ4v) is 3.33. The number of likely N-dealkylation sites (tertiary alicyclic amines) is 1. The highest BCUT2D eigenvalue weighted by molar-refractivity contribution is 6.30. The third-order valence-electron chi connectivity index (χ3n) is 4.81. The molecule has 0 N–H and O–H groups in total. The average Bonchev–Trinajstić information content (AvgIpc) is 2.94. The largest absolute Gasteiger partial charge is 0.321 e. The molecule has 0 spiro atoms. The topological polar surface area (TPSA) is 51.2 Å². The van der Waals surface area contributed by atoms with E-state index in [2.05, 4.69) is 0 Å². The van der Waals surface area contributed by atoms with Crippen LogP contribution in [0.1, 0.15) is 44.6 Å². The predicted molar refractivity (Wildman–Crippen MR) is 88.9 cm³/mol. The number of hydrogen-bond donors (Lipinski definition) is 0. The van der Waals surface area contributed by atoms with Crippen molar-refractivity contribution in [1.29, 1.82) is 0 Å². The van der Waals surface area contributed by atoms with Crippen molar-refractivity contribution < 1.29 is 18.9 Å². The zero-order chi connectivity index (χ0) is 16.9. The standard InChI is InChI=1S/C18H23ClNO3/c1-14-3-2-12-20(14,13-21)18(23)11-10-17(22)9-6-15-4-7-16(19)8-5-15/h4-5,7-8,13-14H,2-3,6,9-12H2,1H3/q+1/t14-,20?/m1/s1. The lowest BCUT2D eigenvalue weighted by Gasteiger charge is -2.28. The van der Waals surface area contributed by atoms with Gasteiger partial charge in [0, 0.05) is 30.7 Å². The van der Waals surface area contributed by atoms with E-state index in [1.54, 1.807) is 12.1 Å². The molecule has 1 aliphatic heterocycles. The number of halogens is 1. The van der Waals surface area contributed by atoms with Crippen LogP contribution in [0.5, 0.6) is 0 Å². The number of amides is 2. The van der Waals surface area contributed by atoms with Crippen LogP contribution in [-0.4, -0.2) is 35.2 Å². The van der Waals surface area contributed by atoms with Gasteiger partial charge in [-0.25, -0.2) is 9.59 Å². The molecule has 0 aliphatic carbocycles. The van der Waals surface area contributed by atoms with Crippen LogP contribution in [0.15, 0.2) is 24.3 Å². The Morgan fingerprint density at radius 3 is 2.48 bits per heavy atom. The van der Waals surface area contributed by atoms with Gasteiger partial charge in [0.15, 0.2) is 0 Å². The minimum absolute atomic E-state index is 0.0316. The first kappa shape index (κ1) is 17.8. The molecule has 124 valence electrons. The van der Waals surface area contributed by atoms with E-state index in [4.69, 9.17) is 11.6 Å². The maximum absolute atomic E-state index is 12.4. The zero-order valence-electron chi connectivity index (χ0n) is 13.5. The molecular weight excluding hydrogens is 314 g/mol. The summed E-state index contributed by atoms with van der Waals surface area (Å²) in [6.45, 7) is 2.50. The number of nitrogens with zero attached hydrogens (tertiary/aromatic N) is 1. The Hall–Kier alpha value is -1.52. The Morgan fingerprint density at radius 1 is 1.22 bits per heavy atom. The average molecular weight is 337 g/mol. The Morgan fingerprint density at radius 2 is 1.91 bits per heavy atom. The molecule has 1 heterocycles. The minimum Gasteiger partial charge on any atom is -0.300 e. The van der Waals surface area contributed by atoms with Gasteiger partial charge < -0.3 is 0 Å². The molecule has 1 aromatic carbocycles. The summed E-state index contributed by atoms with van der Waals surface area (Å²) in [7, 11) is 0. The van der Waals surface area contributed by atoms with E-state index >= 15 is 0 Å². The van der Waals surface area contributed by atoms with Gasteiger partial charge >= 0.3 is 12.3 Å². The fraction of sp³-hybridized carbons (Fsp3) is 0.500. The van der Waals surface area contributed by atoms with Gasteiger partial charge in [-0.15, -0.1) is 0 Å². The van der Waals surface area contributed by atoms with Gasteiger partial charge in [0.2, 0.25) is 0 Å². The highest BCUT2D eigenvalue weighted by atomic mass is 35.5. The van der Waals surface area contributed by atoms with Crippen molar-refractivity contribution in [1.82, 2.24) is 0 Å². The summed E-state index contributed by atoms with van der Waals surface area (Å²) in [5.74, 6) is -0.0611. The lowest BCUT2D eigenvalue weighted by Crippen LogP contribution is -2.53. The molecule has 4 nitrogen and oxygen atoms in total. The third kappa shape index (κ3) is 4.27. The van der Waals surface area contributed by atoms with Crippen LogP contribution in [0.2, 0.25) is 5.02 Å². The molecular formula is C18H23ClNO3+. The van der Waals surface area contributed by atoms with E-state index in [-0.39, 0.29) is 35.1 Å². The fourth-order valence-electron chi connectivity index (χ4n) is 3.20. The summed E-state index contributed by atoms with van der Waals surface area (Å²) in [4.78, 5) is 35.8. The molecule has 1 saturated heterocycles. The third-order valence-corrected chi connectivity index (χ3v) is 5.06. The highest BCUT2D eigenvalue weighted by Crippen LogP contribution is 2.26. The number of benzene rings is 1. The van der Waals surface area contributed by atoms with Crippen molar-refractivity contribution in [3.8, 4) is 0 Å². The molecule has 2 rings (SSSR count). The molecule has 0 saturated carbocycles. The maximum Gasteiger partial charge on any atom is 0.321 e. The first-order valence-electron chi connectivity index (χ1n) is 8.11. The maximum atomic E-state index is 12.4. The van der Waals surface area contributed by atoms with Gasteiger partial charge in [0.05, 0.1) is 13.0 Å². The van der Waals surface area contributed by atoms with Crippen LogP contribution in [-0.2, 0) is 20.8 Å². The van der Waals surface area contributed by atoms with Gasteiger partial charge in [-0.2, -0.15) is 4.48 Å². The SMILES string of the molecule is C[C@@H]1CCC[N+]1(C=O)C(=O)CCC(=O)CCc1ccc(Cl)cc1. The van der Waals surface area contributed by atoms with Crippen molar-refractivity contribution in [2.24, 2.45) is 0 Å². The van der Waals surface area contributed by atoms with Crippen LogP contribution >= 0.6 is 11.6 Å². The van der Waals surface area contributed by atoms with E-state index in [0.717, 1.165) is 24.8 Å². The van der Waals surface area contributed by atoms with Crippen molar-refractivity contribution in [3.05, 3.63) is 34.9 Å². The molecule has 0 radical (unpaired) electrons. The molecule has 1 fully saturated rings. The molecule has 0 bridgehead atoms. The van der Waals surface area contributed by atoms with Crippen molar-refractivity contribution in [3.63, 3.8) is 0 Å². The second-order valence-electron chi connectivity index (χ2n) is 6.31. The molecule has 5 heteroatoms. The number of hydrogen-bond acceptors (Lipinski definition) is 3. The second-order valence-corrected chi connectivity index (χ2v) is 6.75. The van der Waals surface area contributed by atoms with E-state index in [9.17, 15) is 14.4 Å². The van der Waals surface area contributed by atoms with Crippen molar-refractivity contribution in [2.75, 3.05) is 6.54 Å². The zero-order valence-corrected chi connectivity index (χ0v) is 14.2. The Kier molecular flexibility index (Phi) is 6.08. The summed E-state index contributed by atoms with van der Waals surface area (Å²) in [5.41, 5.74) is 1.05. The quantitative estimate of drug-likeness (QED) is 0.567. The lowest BCUT2D eigenvalue weighted by atomic mass is 10.0. The van der Waals surface area contributed by atoms with Gasteiger partial charge in [0.1, 0.15) is 11.8 Å². The van der Waals surface area contributed by atoms with Gasteiger partial charge in [-0.3, -0.25) is 4.79 Å². The molecule has 1 aromatic rings. The number of rotatable bonds is 7. The normalized spacial score (nSPS) is 23.7. The summed E-state index contributed by atoms with van der Waals surface area (Å²) in [5, 5.41) is 0.674. The summed E-state index contributed by atoms with van der Waals surface area (Å²) < 4.78 is -0.107. The number of quaternary nitrogens is 1. The minimum atomic E-state index is -0.121. The molecule has 1 aliphatic rings. The second kappa shape index (κ2) is 7.84. The summed E-state index contributed by atoms with van der Waals surface area (Å²) in [6, 6.07) is 7.44. The first-order valence-corrected chi connectivity index (χ1v) is 8.49. The Balaban J connectivity index is 1.80. The molecule has 0 aromatic heterocycles. The van der Waals surface area contributed by atoms with Gasteiger partial charge in [-0.05, 0) is 31.0 Å². The smallest absolute Gasteiger partial charge is 0.300 e. The first-order chi connectivity index (χ1) is 11.0. The van der Waals surface area contributed by atoms with E-state index in [1.165, 1.54) is 0 Å². The lowest BCUT2D eigenvalue weighted by molar-refractivity contribution is -0.780. The van der Waals surface area contributed by atoms with Crippen molar-refractivity contribution >= 4 is 29.7 Å². The predicted octanol–water partition coefficient (Wildman–Crippen LogP) is 3.30. The van der Waals surface area contributed by atoms with Crippen LogP contribution in [0.3, 0.4) is 0 Å². The van der Waals surface area contributed by atoms with E-state index < -0.39 is 0 Å². The molecule has 1 unspecified atom stereocenters. The number of aryl methyl sites for hydroxylation is 1. The molecule has 2 amide bonds. The van der Waals surface area contributed by atoms with Crippen LogP contribution in [0.25, 0.3) is 0 Å². The Bertz CT molecular complexity index is 584. The number of carbonyl (C=O) groups is 3. The van der Waals surface area contributed by atoms with Gasteiger partial charge in [-0.1, -0.05) is 23.7 Å². The van der Waals surface area contributed by atoms with E-state index in [0.29, 0.717) is 24.4 Å². The number of Topliss-reactive ketones (excluding diaryl/α,β-unsaturated/α-hetero) is 1. The van der Waals surface area contributed by atoms with Crippen LogP contribution < -0.4 is 0 Å². The number of ketones is 1. The molecule has 2 atom stereocenters. The van der Waals surface area contributed by atoms with E-state index in [1.807, 2.05) is 19.1 Å². The van der Waals surface area contributed by atoms with Crippen LogP contribution in [0, 0.1) is 0 Å². The van der Waals surface area contributed by atoms with Crippen LogP contribution in [0.4, 0.5) is 0 Å². The summed E-state index contributed by atoms with van der Waals surface area (Å²) in [6.07, 6.45) is 3.96. The highest BCUT2D eigenvalue weighted by Gasteiger charge is 2.45. The summed E-state index contributed by atoms with van der Waals surface area (Å²) >= 11 is 5.83. The van der Waals surface area contributed by atoms with Gasteiger partial charge in [0.25, 0.3) is 0 Å². The van der Waals surface area contributed by atoms with Crippen molar-refractivity contribution in [2.45, 2.75) is 51.5 Å². The Labute approximate surface area is 142 Å². The monoisotopic (exact) mass is 336 g/mol. The molecule has 23 heavy (non-hydrogen) atoms. The number of carbonyl (C=O) groups excluding carboxylic acids is 3.